The molecule has 0 saturated heterocycles. The van der Waals surface area contributed by atoms with Crippen molar-refractivity contribution in [3.05, 3.63) is 64.7 Å². The van der Waals surface area contributed by atoms with Crippen LogP contribution in [0.15, 0.2) is 47.6 Å². The molecular formula is C20H21N3O2. The molecule has 0 fully saturated rings. The number of terminal acetylenes is 1. The molecule has 0 bridgehead atoms. The lowest BCUT2D eigenvalue weighted by molar-refractivity contribution is 0.0223. The van der Waals surface area contributed by atoms with Crippen molar-refractivity contribution in [2.75, 3.05) is 20.4 Å². The molecule has 1 unspecified atom stereocenters. The van der Waals surface area contributed by atoms with E-state index in [4.69, 9.17) is 15.9 Å². The van der Waals surface area contributed by atoms with E-state index in [1.54, 1.807) is 0 Å². The van der Waals surface area contributed by atoms with Crippen LogP contribution in [0.2, 0.25) is 0 Å². The van der Waals surface area contributed by atoms with Gasteiger partial charge in [0.25, 0.3) is 0 Å². The molecule has 1 aliphatic rings. The molecule has 2 N–H and O–H groups in total. The van der Waals surface area contributed by atoms with Crippen molar-refractivity contribution in [2.45, 2.75) is 13.1 Å². The van der Waals surface area contributed by atoms with Gasteiger partial charge in [-0.3, -0.25) is 10.7 Å². The van der Waals surface area contributed by atoms with E-state index in [2.05, 4.69) is 33.9 Å². The van der Waals surface area contributed by atoms with Crippen molar-refractivity contribution in [3.8, 4) is 18.1 Å². The fourth-order valence-corrected chi connectivity index (χ4v) is 2.76. The molecule has 0 aliphatic carbocycles. The third kappa shape index (κ3) is 3.50. The minimum Gasteiger partial charge on any atom is -0.467 e. The minimum atomic E-state index is -0.0299. The minimum absolute atomic E-state index is 0.0299. The van der Waals surface area contributed by atoms with Gasteiger partial charge in [-0.1, -0.05) is 30.2 Å². The zero-order valence-electron chi connectivity index (χ0n) is 14.4. The van der Waals surface area contributed by atoms with Gasteiger partial charge in [0, 0.05) is 23.3 Å². The molecule has 0 aromatic heterocycles. The molecule has 128 valence electrons. The summed E-state index contributed by atoms with van der Waals surface area (Å²) in [7, 11) is 1.90. The number of nitrogens with zero attached hydrogens (tertiary/aromatic N) is 1. The average Bonchev–Trinajstić information content (AvgIpc) is 2.67. The van der Waals surface area contributed by atoms with E-state index in [0.29, 0.717) is 12.4 Å². The number of hydrogen-bond donors (Lipinski definition) is 2. The number of rotatable bonds is 6. The maximum Gasteiger partial charge on any atom is 0.189 e. The lowest BCUT2D eigenvalue weighted by atomic mass is 9.94. The summed E-state index contributed by atoms with van der Waals surface area (Å²) >= 11 is 0. The standard InChI is InChI=1S/C20H21N3O2/c1-4-14-10-11-17(18(12-14)25-13-24-5-2)19-15-8-6-7-9-16(15)20(21-3)23-22-19/h1,6-12,20-21,23H,5,13H2,2-3H3. The Bertz CT molecular complexity index is 824. The van der Waals surface area contributed by atoms with E-state index in [0.717, 1.165) is 28.0 Å². The first kappa shape index (κ1) is 17.0. The molecule has 1 heterocycles. The highest BCUT2D eigenvalue weighted by atomic mass is 16.7. The molecule has 25 heavy (non-hydrogen) atoms. The van der Waals surface area contributed by atoms with Crippen LogP contribution in [-0.4, -0.2) is 26.2 Å². The van der Waals surface area contributed by atoms with Crippen molar-refractivity contribution in [2.24, 2.45) is 5.10 Å². The second-order valence-electron chi connectivity index (χ2n) is 5.51. The molecule has 0 spiro atoms. The monoisotopic (exact) mass is 335 g/mol. The number of fused-ring (bicyclic) bond motifs is 1. The van der Waals surface area contributed by atoms with Crippen LogP contribution in [0.1, 0.15) is 35.3 Å². The Morgan fingerprint density at radius 3 is 2.84 bits per heavy atom. The topological polar surface area (TPSA) is 54.9 Å². The summed E-state index contributed by atoms with van der Waals surface area (Å²) in [4.78, 5) is 0. The molecule has 0 amide bonds. The van der Waals surface area contributed by atoms with Crippen molar-refractivity contribution in [3.63, 3.8) is 0 Å². The Kier molecular flexibility index (Phi) is 5.34. The Morgan fingerprint density at radius 1 is 1.24 bits per heavy atom. The maximum absolute atomic E-state index is 5.80. The average molecular weight is 335 g/mol. The predicted octanol–water partition coefficient (Wildman–Crippen LogP) is 2.61. The van der Waals surface area contributed by atoms with E-state index >= 15 is 0 Å². The zero-order valence-corrected chi connectivity index (χ0v) is 14.4. The predicted molar refractivity (Wildman–Crippen MR) is 98.5 cm³/mol. The van der Waals surface area contributed by atoms with Gasteiger partial charge >= 0.3 is 0 Å². The fraction of sp³-hybridized carbons (Fsp3) is 0.250. The number of nitrogens with one attached hydrogen (secondary N) is 2. The number of benzene rings is 2. The van der Waals surface area contributed by atoms with Gasteiger partial charge in [-0.2, -0.15) is 5.10 Å². The maximum atomic E-state index is 5.80. The van der Waals surface area contributed by atoms with Crippen LogP contribution < -0.4 is 15.5 Å². The smallest absolute Gasteiger partial charge is 0.189 e. The molecule has 0 saturated carbocycles. The summed E-state index contributed by atoms with van der Waals surface area (Å²) in [5.41, 5.74) is 7.77. The first-order chi connectivity index (χ1) is 12.3. The second-order valence-corrected chi connectivity index (χ2v) is 5.51. The van der Waals surface area contributed by atoms with Gasteiger partial charge < -0.3 is 9.47 Å². The van der Waals surface area contributed by atoms with Crippen molar-refractivity contribution in [1.82, 2.24) is 10.7 Å². The second kappa shape index (κ2) is 7.84. The summed E-state index contributed by atoms with van der Waals surface area (Å²) in [5.74, 6) is 3.29. The van der Waals surface area contributed by atoms with Crippen molar-refractivity contribution >= 4 is 5.71 Å². The first-order valence-electron chi connectivity index (χ1n) is 8.19. The van der Waals surface area contributed by atoms with Gasteiger partial charge in [-0.25, -0.2) is 0 Å². The Balaban J connectivity index is 2.04. The van der Waals surface area contributed by atoms with Crippen molar-refractivity contribution in [1.29, 1.82) is 0 Å². The molecule has 1 aliphatic heterocycles. The van der Waals surface area contributed by atoms with E-state index < -0.39 is 0 Å². The molecule has 5 nitrogen and oxygen atoms in total. The van der Waals surface area contributed by atoms with Crippen LogP contribution in [0, 0.1) is 12.3 Å². The SMILES string of the molecule is C#Cc1ccc(C2=NNC(NC)c3ccccc32)c(OCOCC)c1. The largest absolute Gasteiger partial charge is 0.467 e. The van der Waals surface area contributed by atoms with Gasteiger partial charge in [0.2, 0.25) is 0 Å². The van der Waals surface area contributed by atoms with Gasteiger partial charge in [-0.15, -0.1) is 6.42 Å². The lowest BCUT2D eigenvalue weighted by Crippen LogP contribution is -2.34. The summed E-state index contributed by atoms with van der Waals surface area (Å²) in [5, 5.41) is 7.78. The highest BCUT2D eigenvalue weighted by Crippen LogP contribution is 2.29. The molecule has 3 rings (SSSR count). The number of hydrogen-bond acceptors (Lipinski definition) is 5. The summed E-state index contributed by atoms with van der Waals surface area (Å²) in [6.45, 7) is 2.67. The Hall–Kier alpha value is -2.81. The Labute approximate surface area is 148 Å². The van der Waals surface area contributed by atoms with Gasteiger partial charge in [-0.05, 0) is 37.7 Å². The molecule has 1 atom stereocenters. The lowest BCUT2D eigenvalue weighted by Gasteiger charge is -2.26. The summed E-state index contributed by atoms with van der Waals surface area (Å²) in [6, 6.07) is 13.8. The van der Waals surface area contributed by atoms with E-state index in [9.17, 15) is 0 Å². The molecular weight excluding hydrogens is 314 g/mol. The van der Waals surface area contributed by atoms with E-state index in [-0.39, 0.29) is 13.0 Å². The molecule has 5 heteroatoms. The van der Waals surface area contributed by atoms with Crippen LogP contribution in [0.3, 0.4) is 0 Å². The highest BCUT2D eigenvalue weighted by molar-refractivity contribution is 6.15. The number of ether oxygens (including phenoxy) is 2. The molecule has 2 aromatic rings. The molecule has 2 aromatic carbocycles. The molecule has 0 radical (unpaired) electrons. The van der Waals surface area contributed by atoms with Crippen LogP contribution in [0.5, 0.6) is 5.75 Å². The van der Waals surface area contributed by atoms with E-state index in [1.165, 1.54) is 0 Å². The van der Waals surface area contributed by atoms with Crippen LogP contribution in [-0.2, 0) is 4.74 Å². The van der Waals surface area contributed by atoms with E-state index in [1.807, 2.05) is 44.3 Å². The first-order valence-corrected chi connectivity index (χ1v) is 8.19. The highest BCUT2D eigenvalue weighted by Gasteiger charge is 2.24. The van der Waals surface area contributed by atoms with Gasteiger partial charge in [0.05, 0.1) is 0 Å². The van der Waals surface area contributed by atoms with Crippen LogP contribution in [0.4, 0.5) is 0 Å². The third-order valence-electron chi connectivity index (χ3n) is 4.03. The quantitative estimate of drug-likeness (QED) is 0.484. The summed E-state index contributed by atoms with van der Waals surface area (Å²) < 4.78 is 11.1. The zero-order chi connectivity index (χ0) is 17.6. The summed E-state index contributed by atoms with van der Waals surface area (Å²) in [6.07, 6.45) is 5.50. The third-order valence-corrected chi connectivity index (χ3v) is 4.03. The van der Waals surface area contributed by atoms with Crippen LogP contribution in [0.25, 0.3) is 0 Å². The normalized spacial score (nSPS) is 15.6. The fourth-order valence-electron chi connectivity index (χ4n) is 2.76. The van der Waals surface area contributed by atoms with Crippen molar-refractivity contribution < 1.29 is 9.47 Å². The van der Waals surface area contributed by atoms with Crippen LogP contribution >= 0.6 is 0 Å². The van der Waals surface area contributed by atoms with Gasteiger partial charge in [0.15, 0.2) is 6.79 Å². The number of hydrazone groups is 1. The van der Waals surface area contributed by atoms with Gasteiger partial charge in [0.1, 0.15) is 17.6 Å². The Morgan fingerprint density at radius 2 is 2.08 bits per heavy atom.